The molecule has 1 atom stereocenters. The molecule has 5 nitrogen and oxygen atoms in total. The quantitative estimate of drug-likeness (QED) is 0.906. The maximum absolute atomic E-state index is 12.2. The third-order valence-electron chi connectivity index (χ3n) is 3.64. The van der Waals surface area contributed by atoms with Gasteiger partial charge in [-0.3, -0.25) is 9.69 Å². The van der Waals surface area contributed by atoms with E-state index in [4.69, 9.17) is 4.42 Å². The Bertz CT molecular complexity index is 454. The number of aromatic nitrogens is 1. The van der Waals surface area contributed by atoms with Gasteiger partial charge in [-0.1, -0.05) is 0 Å². The molecule has 0 spiro atoms. The molecule has 0 aromatic carbocycles. The summed E-state index contributed by atoms with van der Waals surface area (Å²) in [5.41, 5.74) is 0.416. The van der Waals surface area contributed by atoms with E-state index in [2.05, 4.69) is 29.0 Å². The molecule has 1 saturated heterocycles. The molecule has 1 N–H and O–H groups in total. The Kier molecular flexibility index (Phi) is 4.24. The maximum Gasteiger partial charge on any atom is 0.273 e. The Balaban J connectivity index is 1.97. The van der Waals surface area contributed by atoms with Crippen LogP contribution >= 0.6 is 0 Å². The summed E-state index contributed by atoms with van der Waals surface area (Å²) in [7, 11) is 0. The van der Waals surface area contributed by atoms with Crippen LogP contribution in [0, 0.1) is 13.8 Å². The molecule has 0 radical (unpaired) electrons. The van der Waals surface area contributed by atoms with Crippen LogP contribution < -0.4 is 5.32 Å². The average molecular weight is 265 g/mol. The number of aryl methyl sites for hydroxylation is 2. The van der Waals surface area contributed by atoms with E-state index < -0.39 is 0 Å². The van der Waals surface area contributed by atoms with E-state index >= 15 is 0 Å². The summed E-state index contributed by atoms with van der Waals surface area (Å²) in [4.78, 5) is 18.7. The van der Waals surface area contributed by atoms with Gasteiger partial charge in [0.05, 0.1) is 0 Å². The van der Waals surface area contributed by atoms with Crippen LogP contribution in [0.4, 0.5) is 0 Å². The minimum absolute atomic E-state index is 0.120. The fourth-order valence-corrected chi connectivity index (χ4v) is 2.59. The number of oxazole rings is 1. The van der Waals surface area contributed by atoms with Crippen molar-refractivity contribution in [2.24, 2.45) is 0 Å². The van der Waals surface area contributed by atoms with E-state index in [-0.39, 0.29) is 11.9 Å². The Morgan fingerprint density at radius 3 is 2.79 bits per heavy atom. The number of rotatable bonds is 3. The topological polar surface area (TPSA) is 58.4 Å². The van der Waals surface area contributed by atoms with Crippen LogP contribution in [0.1, 0.15) is 48.8 Å². The average Bonchev–Trinajstić information content (AvgIpc) is 2.69. The number of amides is 1. The normalized spacial score (nSPS) is 20.8. The van der Waals surface area contributed by atoms with Crippen LogP contribution in [-0.4, -0.2) is 41.0 Å². The first-order chi connectivity index (χ1) is 8.97. The lowest BCUT2D eigenvalue weighted by molar-refractivity contribution is 0.0880. The van der Waals surface area contributed by atoms with Gasteiger partial charge < -0.3 is 9.73 Å². The maximum atomic E-state index is 12.2. The van der Waals surface area contributed by atoms with Crippen LogP contribution in [0.25, 0.3) is 0 Å². The highest BCUT2D eigenvalue weighted by Crippen LogP contribution is 2.14. The molecule has 1 amide bonds. The lowest BCUT2D eigenvalue weighted by Crippen LogP contribution is -2.49. The number of nitrogens with one attached hydrogen (secondary N) is 1. The molecule has 1 aliphatic rings. The third-order valence-corrected chi connectivity index (χ3v) is 3.64. The van der Waals surface area contributed by atoms with Crippen molar-refractivity contribution in [3.05, 3.63) is 17.3 Å². The number of hydrogen-bond donors (Lipinski definition) is 1. The number of nitrogens with zero attached hydrogens (tertiary/aromatic N) is 2. The van der Waals surface area contributed by atoms with Gasteiger partial charge in [-0.2, -0.15) is 0 Å². The van der Waals surface area contributed by atoms with Crippen LogP contribution in [0.5, 0.6) is 0 Å². The molecule has 0 saturated carbocycles. The van der Waals surface area contributed by atoms with Crippen LogP contribution in [-0.2, 0) is 0 Å². The lowest BCUT2D eigenvalue weighted by atomic mass is 10.0. The largest absolute Gasteiger partial charge is 0.445 e. The van der Waals surface area contributed by atoms with Crippen molar-refractivity contribution in [1.82, 2.24) is 15.2 Å². The van der Waals surface area contributed by atoms with Gasteiger partial charge in [0.15, 0.2) is 11.6 Å². The zero-order valence-corrected chi connectivity index (χ0v) is 12.2. The molecule has 1 fully saturated rings. The van der Waals surface area contributed by atoms with Crippen molar-refractivity contribution >= 4 is 5.91 Å². The third kappa shape index (κ3) is 3.35. The molecular weight excluding hydrogens is 242 g/mol. The number of hydrogen-bond acceptors (Lipinski definition) is 4. The number of piperidine rings is 1. The second-order valence-electron chi connectivity index (χ2n) is 5.54. The molecule has 0 aliphatic carbocycles. The first-order valence-corrected chi connectivity index (χ1v) is 6.96. The van der Waals surface area contributed by atoms with Gasteiger partial charge in [0.2, 0.25) is 0 Å². The zero-order valence-electron chi connectivity index (χ0n) is 12.2. The molecule has 0 bridgehead atoms. The van der Waals surface area contributed by atoms with Gasteiger partial charge in [-0.15, -0.1) is 0 Å². The zero-order chi connectivity index (χ0) is 14.0. The summed E-state index contributed by atoms with van der Waals surface area (Å²) < 4.78 is 5.30. The number of carbonyl (C=O) groups excluding carboxylic acids is 1. The molecule has 1 aromatic rings. The van der Waals surface area contributed by atoms with Gasteiger partial charge in [0.1, 0.15) is 5.76 Å². The summed E-state index contributed by atoms with van der Waals surface area (Å²) in [5, 5.41) is 3.07. The van der Waals surface area contributed by atoms with Gasteiger partial charge in [0, 0.05) is 25.6 Å². The molecule has 5 heteroatoms. The predicted octanol–water partition coefficient (Wildman–Crippen LogP) is 1.89. The van der Waals surface area contributed by atoms with E-state index in [0.717, 1.165) is 25.9 Å². The highest BCUT2D eigenvalue weighted by Gasteiger charge is 2.25. The highest BCUT2D eigenvalue weighted by molar-refractivity contribution is 5.93. The fourth-order valence-electron chi connectivity index (χ4n) is 2.59. The van der Waals surface area contributed by atoms with E-state index in [1.54, 1.807) is 13.8 Å². The molecule has 0 unspecified atom stereocenters. The predicted molar refractivity (Wildman–Crippen MR) is 73.2 cm³/mol. The minimum atomic E-state index is -0.120. The van der Waals surface area contributed by atoms with Gasteiger partial charge >= 0.3 is 0 Å². The molecule has 1 aliphatic heterocycles. The highest BCUT2D eigenvalue weighted by atomic mass is 16.4. The standard InChI is InChI=1S/C14H23N3O2/c1-9(2)17-7-5-6-12(8-17)16-14(18)13-10(3)19-11(4)15-13/h9,12H,5-8H2,1-4H3,(H,16,18)/t12-/m1/s1. The molecule has 1 aromatic heterocycles. The summed E-state index contributed by atoms with van der Waals surface area (Å²) in [6, 6.07) is 0.732. The van der Waals surface area contributed by atoms with Crippen molar-refractivity contribution in [2.45, 2.75) is 52.6 Å². The van der Waals surface area contributed by atoms with E-state index in [0.29, 0.717) is 23.4 Å². The summed E-state index contributed by atoms with van der Waals surface area (Å²) in [5.74, 6) is 1.01. The second kappa shape index (κ2) is 5.74. The monoisotopic (exact) mass is 265 g/mol. The summed E-state index contributed by atoms with van der Waals surface area (Å²) in [6.45, 7) is 9.94. The van der Waals surface area contributed by atoms with Crippen LogP contribution in [0.2, 0.25) is 0 Å². The second-order valence-corrected chi connectivity index (χ2v) is 5.54. The molecule has 2 rings (SSSR count). The van der Waals surface area contributed by atoms with Crippen molar-refractivity contribution in [3.63, 3.8) is 0 Å². The minimum Gasteiger partial charge on any atom is -0.445 e. The Morgan fingerprint density at radius 1 is 1.47 bits per heavy atom. The summed E-state index contributed by atoms with van der Waals surface area (Å²) >= 11 is 0. The van der Waals surface area contributed by atoms with Crippen molar-refractivity contribution in [1.29, 1.82) is 0 Å². The number of carbonyl (C=O) groups is 1. The first kappa shape index (κ1) is 14.1. The van der Waals surface area contributed by atoms with Crippen molar-refractivity contribution in [3.8, 4) is 0 Å². The van der Waals surface area contributed by atoms with E-state index in [1.807, 2.05) is 0 Å². The van der Waals surface area contributed by atoms with Crippen LogP contribution in [0.3, 0.4) is 0 Å². The molecular formula is C14H23N3O2. The SMILES string of the molecule is Cc1nc(C(=O)N[C@@H]2CCCN(C(C)C)C2)c(C)o1. The Labute approximate surface area is 114 Å². The number of likely N-dealkylation sites (tertiary alicyclic amines) is 1. The van der Waals surface area contributed by atoms with Crippen LogP contribution in [0.15, 0.2) is 4.42 Å². The summed E-state index contributed by atoms with van der Waals surface area (Å²) in [6.07, 6.45) is 2.16. The van der Waals surface area contributed by atoms with E-state index in [1.165, 1.54) is 0 Å². The van der Waals surface area contributed by atoms with Gasteiger partial charge in [-0.05, 0) is 40.2 Å². The van der Waals surface area contributed by atoms with Crippen molar-refractivity contribution < 1.29 is 9.21 Å². The molecule has 19 heavy (non-hydrogen) atoms. The van der Waals surface area contributed by atoms with Crippen molar-refractivity contribution in [2.75, 3.05) is 13.1 Å². The first-order valence-electron chi connectivity index (χ1n) is 6.96. The Hall–Kier alpha value is -1.36. The smallest absolute Gasteiger partial charge is 0.273 e. The molecule has 2 heterocycles. The van der Waals surface area contributed by atoms with Gasteiger partial charge in [-0.25, -0.2) is 4.98 Å². The fraction of sp³-hybridized carbons (Fsp3) is 0.714. The lowest BCUT2D eigenvalue weighted by Gasteiger charge is -2.35. The van der Waals surface area contributed by atoms with Gasteiger partial charge in [0.25, 0.3) is 5.91 Å². The van der Waals surface area contributed by atoms with E-state index in [9.17, 15) is 4.79 Å². The molecule has 106 valence electrons. The Morgan fingerprint density at radius 2 is 2.21 bits per heavy atom.